The Bertz CT molecular complexity index is 523. The van der Waals surface area contributed by atoms with Crippen LogP contribution in [0.4, 0.5) is 0 Å². The molecule has 6 heteroatoms. The molecule has 0 saturated carbocycles. The Morgan fingerprint density at radius 3 is 2.47 bits per heavy atom. The summed E-state index contributed by atoms with van der Waals surface area (Å²) in [4.78, 5) is 35.0. The van der Waals surface area contributed by atoms with E-state index in [-0.39, 0.29) is 29.8 Å². The highest BCUT2D eigenvalue weighted by atomic mass is 16.4. The number of aliphatic hydroxyl groups is 1. The second kappa shape index (κ2) is 3.99. The minimum Gasteiger partial charge on any atom is -0.545 e. The van der Waals surface area contributed by atoms with Gasteiger partial charge in [-0.05, 0) is 17.7 Å². The summed E-state index contributed by atoms with van der Waals surface area (Å²) in [6.45, 7) is -0.439. The number of benzene rings is 1. The molecule has 0 bridgehead atoms. The van der Waals surface area contributed by atoms with Crippen LogP contribution in [0.1, 0.15) is 31.1 Å². The molecule has 0 radical (unpaired) electrons. The predicted octanol–water partition coefficient (Wildman–Crippen LogP) is -1.36. The van der Waals surface area contributed by atoms with E-state index in [0.29, 0.717) is 0 Å². The molecule has 1 aliphatic heterocycles. The number of hydrogen-bond acceptors (Lipinski definition) is 5. The SMILES string of the molecule is O=C([O-])c1ccc2c(c1)C(=O)N(CCO)C2=O. The highest BCUT2D eigenvalue weighted by molar-refractivity contribution is 6.21. The maximum absolute atomic E-state index is 11.8. The quantitative estimate of drug-likeness (QED) is 0.651. The van der Waals surface area contributed by atoms with Crippen molar-refractivity contribution < 1.29 is 24.6 Å². The molecule has 1 aliphatic rings. The van der Waals surface area contributed by atoms with Crippen LogP contribution in [0.5, 0.6) is 0 Å². The molecule has 2 amide bonds. The van der Waals surface area contributed by atoms with E-state index in [1.54, 1.807) is 0 Å². The van der Waals surface area contributed by atoms with Gasteiger partial charge in [-0.2, -0.15) is 0 Å². The van der Waals surface area contributed by atoms with Crippen molar-refractivity contribution in [2.45, 2.75) is 0 Å². The van der Waals surface area contributed by atoms with Crippen molar-refractivity contribution in [1.82, 2.24) is 4.90 Å². The maximum atomic E-state index is 11.8. The van der Waals surface area contributed by atoms with Crippen LogP contribution in [-0.4, -0.2) is 40.9 Å². The highest BCUT2D eigenvalue weighted by Gasteiger charge is 2.35. The minimum atomic E-state index is -1.41. The van der Waals surface area contributed by atoms with Crippen LogP contribution in [0.2, 0.25) is 0 Å². The Morgan fingerprint density at radius 2 is 1.88 bits per heavy atom. The van der Waals surface area contributed by atoms with E-state index < -0.39 is 17.8 Å². The molecular weight excluding hydrogens is 226 g/mol. The van der Waals surface area contributed by atoms with Crippen molar-refractivity contribution in [3.63, 3.8) is 0 Å². The summed E-state index contributed by atoms with van der Waals surface area (Å²) in [5, 5.41) is 19.4. The molecule has 0 aromatic heterocycles. The standard InChI is InChI=1S/C11H9NO5/c13-4-3-12-9(14)7-2-1-6(11(16)17)5-8(7)10(12)15/h1-2,5,13H,3-4H2,(H,16,17)/p-1. The van der Waals surface area contributed by atoms with E-state index in [4.69, 9.17) is 5.11 Å². The van der Waals surface area contributed by atoms with Gasteiger partial charge in [0.2, 0.25) is 0 Å². The fourth-order valence-electron chi connectivity index (χ4n) is 1.72. The first-order valence-electron chi connectivity index (χ1n) is 4.88. The van der Waals surface area contributed by atoms with Crippen LogP contribution in [0.3, 0.4) is 0 Å². The number of β-amino-alcohol motifs (C(OH)–C–C–N with tert-alkyl or cyclic N) is 1. The third-order valence-corrected chi connectivity index (χ3v) is 2.53. The lowest BCUT2D eigenvalue weighted by Gasteiger charge is -2.10. The van der Waals surface area contributed by atoms with Crippen LogP contribution in [0.25, 0.3) is 0 Å². The summed E-state index contributed by atoms with van der Waals surface area (Å²) in [6.07, 6.45) is 0. The van der Waals surface area contributed by atoms with Crippen LogP contribution < -0.4 is 5.11 Å². The molecule has 0 atom stereocenters. The molecule has 1 aromatic rings. The largest absolute Gasteiger partial charge is 0.545 e. The van der Waals surface area contributed by atoms with Crippen molar-refractivity contribution in [2.75, 3.05) is 13.2 Å². The van der Waals surface area contributed by atoms with Crippen molar-refractivity contribution in [2.24, 2.45) is 0 Å². The molecule has 0 unspecified atom stereocenters. The van der Waals surface area contributed by atoms with Gasteiger partial charge in [-0.25, -0.2) is 0 Å². The van der Waals surface area contributed by atoms with Gasteiger partial charge < -0.3 is 15.0 Å². The van der Waals surface area contributed by atoms with Crippen LogP contribution in [-0.2, 0) is 0 Å². The molecular formula is C11H8NO5-. The predicted molar refractivity (Wildman–Crippen MR) is 53.2 cm³/mol. The second-order valence-electron chi connectivity index (χ2n) is 3.53. The number of carbonyl (C=O) groups is 3. The topological polar surface area (TPSA) is 97.7 Å². The van der Waals surface area contributed by atoms with Gasteiger partial charge in [0.05, 0.1) is 30.2 Å². The number of carboxylic acids is 1. The van der Waals surface area contributed by atoms with Crippen LogP contribution >= 0.6 is 0 Å². The molecule has 2 rings (SSSR count). The third kappa shape index (κ3) is 1.68. The first-order valence-corrected chi connectivity index (χ1v) is 4.88. The van der Waals surface area contributed by atoms with Gasteiger partial charge in [-0.15, -0.1) is 0 Å². The number of carboxylic acid groups (broad SMARTS) is 1. The number of amides is 2. The molecule has 1 N–H and O–H groups in total. The van der Waals surface area contributed by atoms with Gasteiger partial charge in [0.15, 0.2) is 0 Å². The maximum Gasteiger partial charge on any atom is 0.261 e. The minimum absolute atomic E-state index is 0.0325. The van der Waals surface area contributed by atoms with Gasteiger partial charge in [0.1, 0.15) is 0 Å². The fraction of sp³-hybridized carbons (Fsp3) is 0.182. The van der Waals surface area contributed by atoms with Gasteiger partial charge in [0.25, 0.3) is 11.8 Å². The number of imide groups is 1. The molecule has 1 heterocycles. The summed E-state index contributed by atoms with van der Waals surface area (Å²) in [7, 11) is 0. The Hall–Kier alpha value is -2.21. The summed E-state index contributed by atoms with van der Waals surface area (Å²) >= 11 is 0. The summed E-state index contributed by atoms with van der Waals surface area (Å²) in [5.41, 5.74) is 0.0225. The second-order valence-corrected chi connectivity index (χ2v) is 3.53. The zero-order chi connectivity index (χ0) is 12.6. The summed E-state index contributed by atoms with van der Waals surface area (Å²) < 4.78 is 0. The normalized spacial score (nSPS) is 14.1. The number of hydrogen-bond donors (Lipinski definition) is 1. The van der Waals surface area contributed by atoms with Gasteiger partial charge in [-0.3, -0.25) is 14.5 Å². The number of carbonyl (C=O) groups excluding carboxylic acids is 3. The van der Waals surface area contributed by atoms with E-state index in [2.05, 4.69) is 0 Å². The van der Waals surface area contributed by atoms with Crippen LogP contribution in [0.15, 0.2) is 18.2 Å². The molecule has 0 spiro atoms. The monoisotopic (exact) mass is 234 g/mol. The molecule has 6 nitrogen and oxygen atoms in total. The molecule has 17 heavy (non-hydrogen) atoms. The Morgan fingerprint density at radius 1 is 1.24 bits per heavy atom. The number of fused-ring (bicyclic) bond motifs is 1. The highest BCUT2D eigenvalue weighted by Crippen LogP contribution is 2.23. The summed E-state index contributed by atoms with van der Waals surface area (Å²) in [6, 6.07) is 3.60. The van der Waals surface area contributed by atoms with E-state index in [0.717, 1.165) is 11.0 Å². The van der Waals surface area contributed by atoms with Crippen molar-refractivity contribution >= 4 is 17.8 Å². The number of aliphatic hydroxyl groups excluding tert-OH is 1. The lowest BCUT2D eigenvalue weighted by atomic mass is 10.1. The fourth-order valence-corrected chi connectivity index (χ4v) is 1.72. The Labute approximate surface area is 96.1 Å². The molecule has 88 valence electrons. The van der Waals surface area contributed by atoms with Gasteiger partial charge in [0, 0.05) is 0 Å². The molecule has 0 aliphatic carbocycles. The third-order valence-electron chi connectivity index (χ3n) is 2.53. The van der Waals surface area contributed by atoms with Gasteiger partial charge in [-0.1, -0.05) is 6.07 Å². The van der Waals surface area contributed by atoms with E-state index >= 15 is 0 Å². The van der Waals surface area contributed by atoms with E-state index in [1.165, 1.54) is 12.1 Å². The van der Waals surface area contributed by atoms with E-state index in [1.807, 2.05) is 0 Å². The first kappa shape index (κ1) is 11.3. The lowest BCUT2D eigenvalue weighted by molar-refractivity contribution is -0.255. The Balaban J connectivity index is 2.47. The average Bonchev–Trinajstić information content (AvgIpc) is 2.54. The van der Waals surface area contributed by atoms with Crippen molar-refractivity contribution in [3.05, 3.63) is 34.9 Å². The molecule has 0 fully saturated rings. The average molecular weight is 234 g/mol. The number of nitrogens with zero attached hydrogens (tertiary/aromatic N) is 1. The molecule has 1 aromatic carbocycles. The summed E-state index contributed by atoms with van der Waals surface area (Å²) in [5.74, 6) is -2.53. The number of aromatic carboxylic acids is 1. The van der Waals surface area contributed by atoms with Crippen LogP contribution in [0, 0.1) is 0 Å². The smallest absolute Gasteiger partial charge is 0.261 e. The van der Waals surface area contributed by atoms with Gasteiger partial charge >= 0.3 is 0 Å². The van der Waals surface area contributed by atoms with Crippen molar-refractivity contribution in [3.8, 4) is 0 Å². The zero-order valence-electron chi connectivity index (χ0n) is 8.67. The van der Waals surface area contributed by atoms with E-state index in [9.17, 15) is 19.5 Å². The Kier molecular flexibility index (Phi) is 2.64. The molecule has 0 saturated heterocycles. The zero-order valence-corrected chi connectivity index (χ0v) is 8.67. The number of rotatable bonds is 3. The van der Waals surface area contributed by atoms with Crippen molar-refractivity contribution in [1.29, 1.82) is 0 Å². The lowest BCUT2D eigenvalue weighted by Crippen LogP contribution is -2.32. The first-order chi connectivity index (χ1) is 8.06.